The molecule has 2 aromatic rings. The molecule has 0 radical (unpaired) electrons. The minimum atomic E-state index is -3.74. The predicted octanol–water partition coefficient (Wildman–Crippen LogP) is 0.727. The summed E-state index contributed by atoms with van der Waals surface area (Å²) in [6.07, 6.45) is 0. The van der Waals surface area contributed by atoms with Crippen molar-refractivity contribution in [3.63, 3.8) is 0 Å². The van der Waals surface area contributed by atoms with Crippen LogP contribution < -0.4 is 0 Å². The standard InChI is InChI=1S/C16H18N4O5S/c1-11(21)13-4-3-5-14(10-13)26(23,24)20-8-6-19(7-9-20)16(22)15-18-17-12(2)25-15/h3-5,10H,6-9H2,1-2H3. The lowest BCUT2D eigenvalue weighted by atomic mass is 10.2. The molecule has 0 N–H and O–H groups in total. The normalized spacial score (nSPS) is 15.8. The van der Waals surface area contributed by atoms with E-state index >= 15 is 0 Å². The summed E-state index contributed by atoms with van der Waals surface area (Å²) in [5, 5.41) is 7.31. The first-order chi connectivity index (χ1) is 12.3. The highest BCUT2D eigenvalue weighted by Gasteiger charge is 2.32. The molecule has 2 heterocycles. The van der Waals surface area contributed by atoms with Gasteiger partial charge in [-0.2, -0.15) is 4.31 Å². The molecule has 1 aliphatic heterocycles. The maximum absolute atomic E-state index is 12.8. The van der Waals surface area contributed by atoms with Crippen molar-refractivity contribution < 1.29 is 22.4 Å². The van der Waals surface area contributed by atoms with Gasteiger partial charge in [-0.1, -0.05) is 12.1 Å². The first-order valence-electron chi connectivity index (χ1n) is 7.99. The molecular formula is C16H18N4O5S. The number of amides is 1. The Labute approximate surface area is 150 Å². The van der Waals surface area contributed by atoms with E-state index in [1.807, 2.05) is 0 Å². The molecule has 0 atom stereocenters. The summed E-state index contributed by atoms with van der Waals surface area (Å²) < 4.78 is 32.0. The maximum Gasteiger partial charge on any atom is 0.311 e. The highest BCUT2D eigenvalue weighted by molar-refractivity contribution is 7.89. The third-order valence-electron chi connectivity index (χ3n) is 4.11. The molecule has 1 aromatic carbocycles. The predicted molar refractivity (Wildman–Crippen MR) is 90.1 cm³/mol. The van der Waals surface area contributed by atoms with Crippen molar-refractivity contribution in [2.75, 3.05) is 26.2 Å². The lowest BCUT2D eigenvalue weighted by Gasteiger charge is -2.33. The molecule has 9 nitrogen and oxygen atoms in total. The van der Waals surface area contributed by atoms with Crippen LogP contribution in [0, 0.1) is 6.92 Å². The molecule has 1 saturated heterocycles. The fourth-order valence-electron chi connectivity index (χ4n) is 2.67. The molecule has 1 aromatic heterocycles. The number of piperazine rings is 1. The molecule has 0 unspecified atom stereocenters. The monoisotopic (exact) mass is 378 g/mol. The van der Waals surface area contributed by atoms with Gasteiger partial charge in [-0.25, -0.2) is 8.42 Å². The Morgan fingerprint density at radius 3 is 2.38 bits per heavy atom. The Morgan fingerprint density at radius 1 is 1.12 bits per heavy atom. The molecular weight excluding hydrogens is 360 g/mol. The van der Waals surface area contributed by atoms with Gasteiger partial charge in [-0.3, -0.25) is 9.59 Å². The quantitative estimate of drug-likeness (QED) is 0.721. The first-order valence-corrected chi connectivity index (χ1v) is 9.43. The van der Waals surface area contributed by atoms with E-state index in [1.54, 1.807) is 19.1 Å². The third kappa shape index (κ3) is 3.51. The third-order valence-corrected chi connectivity index (χ3v) is 6.01. The maximum atomic E-state index is 12.8. The SMILES string of the molecule is CC(=O)c1cccc(S(=O)(=O)N2CCN(C(=O)c3nnc(C)o3)CC2)c1. The van der Waals surface area contributed by atoms with Gasteiger partial charge < -0.3 is 9.32 Å². The first kappa shape index (κ1) is 18.2. The fraction of sp³-hybridized carbons (Fsp3) is 0.375. The molecule has 10 heteroatoms. The van der Waals surface area contributed by atoms with E-state index in [9.17, 15) is 18.0 Å². The van der Waals surface area contributed by atoms with E-state index in [1.165, 1.54) is 28.3 Å². The Morgan fingerprint density at radius 2 is 1.81 bits per heavy atom. The molecule has 26 heavy (non-hydrogen) atoms. The Balaban J connectivity index is 1.72. The van der Waals surface area contributed by atoms with Gasteiger partial charge >= 0.3 is 11.8 Å². The number of rotatable bonds is 4. The Bertz CT molecular complexity index is 945. The van der Waals surface area contributed by atoms with E-state index in [2.05, 4.69) is 10.2 Å². The Kier molecular flexibility index (Phi) is 4.88. The molecule has 1 aliphatic rings. The van der Waals surface area contributed by atoms with Crippen molar-refractivity contribution in [2.45, 2.75) is 18.7 Å². The summed E-state index contributed by atoms with van der Waals surface area (Å²) in [6, 6.07) is 5.95. The van der Waals surface area contributed by atoms with Gasteiger partial charge in [0.05, 0.1) is 4.90 Å². The smallest absolute Gasteiger partial charge is 0.311 e. The molecule has 0 bridgehead atoms. The molecule has 0 spiro atoms. The molecule has 0 saturated carbocycles. The lowest BCUT2D eigenvalue weighted by Crippen LogP contribution is -2.50. The molecule has 3 rings (SSSR count). The second kappa shape index (κ2) is 6.96. The summed E-state index contributed by atoms with van der Waals surface area (Å²) in [5.74, 6) is -0.429. The van der Waals surface area contributed by atoms with Gasteiger partial charge in [0, 0.05) is 38.7 Å². The van der Waals surface area contributed by atoms with Crippen molar-refractivity contribution in [2.24, 2.45) is 0 Å². The number of hydrogen-bond donors (Lipinski definition) is 0. The molecule has 1 amide bonds. The zero-order valence-corrected chi connectivity index (χ0v) is 15.2. The van der Waals surface area contributed by atoms with E-state index in [0.717, 1.165) is 0 Å². The van der Waals surface area contributed by atoms with Gasteiger partial charge in [-0.15, -0.1) is 10.2 Å². The van der Waals surface area contributed by atoms with Crippen LogP contribution in [0.25, 0.3) is 0 Å². The number of aromatic nitrogens is 2. The van der Waals surface area contributed by atoms with Crippen LogP contribution in [0.4, 0.5) is 0 Å². The molecule has 1 fully saturated rings. The number of sulfonamides is 1. The summed E-state index contributed by atoms with van der Waals surface area (Å²) in [5.41, 5.74) is 0.339. The largest absolute Gasteiger partial charge is 0.417 e. The van der Waals surface area contributed by atoms with Crippen LogP contribution in [0.1, 0.15) is 33.9 Å². The topological polar surface area (TPSA) is 114 Å². The number of aryl methyl sites for hydroxylation is 1. The number of hydrogen-bond acceptors (Lipinski definition) is 7. The van der Waals surface area contributed by atoms with E-state index in [4.69, 9.17) is 4.42 Å². The average molecular weight is 378 g/mol. The lowest BCUT2D eigenvalue weighted by molar-refractivity contribution is 0.0656. The zero-order chi connectivity index (χ0) is 18.9. The van der Waals surface area contributed by atoms with Crippen molar-refractivity contribution in [1.82, 2.24) is 19.4 Å². The number of carbonyl (C=O) groups excluding carboxylic acids is 2. The minimum absolute atomic E-state index is 0.0671. The highest BCUT2D eigenvalue weighted by Crippen LogP contribution is 2.19. The number of nitrogens with zero attached hydrogens (tertiary/aromatic N) is 4. The van der Waals surface area contributed by atoms with Gasteiger partial charge in [0.15, 0.2) is 5.78 Å². The van der Waals surface area contributed by atoms with Gasteiger partial charge in [-0.05, 0) is 19.1 Å². The van der Waals surface area contributed by atoms with Crippen LogP contribution >= 0.6 is 0 Å². The van der Waals surface area contributed by atoms with Gasteiger partial charge in [0.1, 0.15) is 0 Å². The number of benzene rings is 1. The average Bonchev–Trinajstić information content (AvgIpc) is 3.07. The summed E-state index contributed by atoms with van der Waals surface area (Å²) >= 11 is 0. The number of carbonyl (C=O) groups is 2. The molecule has 138 valence electrons. The van der Waals surface area contributed by atoms with Crippen molar-refractivity contribution in [3.05, 3.63) is 41.6 Å². The zero-order valence-electron chi connectivity index (χ0n) is 14.4. The van der Waals surface area contributed by atoms with Gasteiger partial charge in [0.25, 0.3) is 0 Å². The summed E-state index contributed by atoms with van der Waals surface area (Å²) in [4.78, 5) is 25.3. The van der Waals surface area contributed by atoms with E-state index < -0.39 is 15.9 Å². The summed E-state index contributed by atoms with van der Waals surface area (Å²) in [6.45, 7) is 3.69. The van der Waals surface area contributed by atoms with Crippen LogP contribution in [0.5, 0.6) is 0 Å². The van der Waals surface area contributed by atoms with Crippen molar-refractivity contribution >= 4 is 21.7 Å². The van der Waals surface area contributed by atoms with Crippen molar-refractivity contribution in [1.29, 1.82) is 0 Å². The fourth-order valence-corrected chi connectivity index (χ4v) is 4.14. The van der Waals surface area contributed by atoms with Crippen LogP contribution in [0.15, 0.2) is 33.6 Å². The number of Topliss-reactive ketones (excluding diaryl/α,β-unsaturated/α-hetero) is 1. The van der Waals surface area contributed by atoms with Crippen molar-refractivity contribution in [3.8, 4) is 0 Å². The minimum Gasteiger partial charge on any atom is -0.417 e. The van der Waals surface area contributed by atoms with Crippen LogP contribution in [-0.2, 0) is 10.0 Å². The highest BCUT2D eigenvalue weighted by atomic mass is 32.2. The van der Waals surface area contributed by atoms with Crippen LogP contribution in [0.2, 0.25) is 0 Å². The van der Waals surface area contributed by atoms with Crippen LogP contribution in [-0.4, -0.2) is 65.7 Å². The second-order valence-electron chi connectivity index (χ2n) is 5.91. The Hall–Kier alpha value is -2.59. The van der Waals surface area contributed by atoms with E-state index in [-0.39, 0.29) is 42.7 Å². The van der Waals surface area contributed by atoms with Gasteiger partial charge in [0.2, 0.25) is 15.9 Å². The second-order valence-corrected chi connectivity index (χ2v) is 7.84. The van der Waals surface area contributed by atoms with Crippen LogP contribution in [0.3, 0.4) is 0 Å². The number of ketones is 1. The molecule has 0 aliphatic carbocycles. The summed E-state index contributed by atoms with van der Waals surface area (Å²) in [7, 11) is -3.74. The van der Waals surface area contributed by atoms with E-state index in [0.29, 0.717) is 11.5 Å².